The van der Waals surface area contributed by atoms with E-state index in [-0.39, 0.29) is 0 Å². The van der Waals surface area contributed by atoms with Crippen molar-refractivity contribution in [3.8, 4) is 0 Å². The Balaban J connectivity index is 2.02. The lowest BCUT2D eigenvalue weighted by atomic mass is 10.0. The number of hydrogen-bond donors (Lipinski definition) is 1. The van der Waals surface area contributed by atoms with E-state index in [2.05, 4.69) is 42.7 Å². The van der Waals surface area contributed by atoms with Gasteiger partial charge in [0.2, 0.25) is 0 Å². The van der Waals surface area contributed by atoms with Crippen LogP contribution in [0.4, 0.5) is 0 Å². The summed E-state index contributed by atoms with van der Waals surface area (Å²) in [6.07, 6.45) is 6.21. The van der Waals surface area contributed by atoms with Gasteiger partial charge in [-0.25, -0.2) is 0 Å². The van der Waals surface area contributed by atoms with Crippen LogP contribution >= 0.6 is 11.3 Å². The Bertz CT molecular complexity index is 461. The standard InChI is InChI=1S/C16H23NOS/c1-3-10-17-15(8-7-13-6-5-12-19-13)14-9-11-18-16(14)4-2/h5-6,9,11-12,15,17H,3-4,7-8,10H2,1-2H3. The maximum atomic E-state index is 5.57. The Kier molecular flexibility index (Phi) is 5.67. The molecule has 0 saturated carbocycles. The predicted octanol–water partition coefficient (Wildman–Crippen LogP) is 4.58. The molecule has 0 amide bonds. The van der Waals surface area contributed by atoms with Gasteiger partial charge in [0.25, 0.3) is 0 Å². The van der Waals surface area contributed by atoms with Crippen molar-refractivity contribution < 1.29 is 4.42 Å². The molecule has 2 aromatic heterocycles. The van der Waals surface area contributed by atoms with E-state index in [4.69, 9.17) is 4.42 Å². The zero-order valence-electron chi connectivity index (χ0n) is 11.8. The van der Waals surface area contributed by atoms with Crippen molar-refractivity contribution >= 4 is 11.3 Å². The largest absolute Gasteiger partial charge is 0.469 e. The van der Waals surface area contributed by atoms with Gasteiger partial charge in [-0.2, -0.15) is 0 Å². The molecule has 2 nitrogen and oxygen atoms in total. The number of thiophene rings is 1. The van der Waals surface area contributed by atoms with Crippen LogP contribution in [0.1, 0.15) is 48.9 Å². The highest BCUT2D eigenvalue weighted by Crippen LogP contribution is 2.25. The van der Waals surface area contributed by atoms with Gasteiger partial charge in [0.05, 0.1) is 6.26 Å². The Morgan fingerprint density at radius 3 is 2.89 bits per heavy atom. The van der Waals surface area contributed by atoms with Crippen molar-refractivity contribution in [3.05, 3.63) is 46.0 Å². The summed E-state index contributed by atoms with van der Waals surface area (Å²) in [7, 11) is 0. The molecule has 1 atom stereocenters. The molecule has 0 spiro atoms. The second-order valence-corrected chi connectivity index (χ2v) is 5.81. The van der Waals surface area contributed by atoms with Crippen LogP contribution in [0.2, 0.25) is 0 Å². The Morgan fingerprint density at radius 1 is 1.32 bits per heavy atom. The molecule has 2 rings (SSSR count). The molecule has 0 aromatic carbocycles. The monoisotopic (exact) mass is 277 g/mol. The summed E-state index contributed by atoms with van der Waals surface area (Å²) in [5.74, 6) is 1.12. The van der Waals surface area contributed by atoms with Crippen LogP contribution in [0.25, 0.3) is 0 Å². The second kappa shape index (κ2) is 7.51. The maximum Gasteiger partial charge on any atom is 0.108 e. The molecule has 2 heterocycles. The van der Waals surface area contributed by atoms with Crippen molar-refractivity contribution in [2.75, 3.05) is 6.54 Å². The van der Waals surface area contributed by atoms with E-state index in [1.807, 2.05) is 17.6 Å². The minimum Gasteiger partial charge on any atom is -0.469 e. The second-order valence-electron chi connectivity index (χ2n) is 4.78. The first-order chi connectivity index (χ1) is 9.35. The third-order valence-electron chi connectivity index (χ3n) is 3.38. The van der Waals surface area contributed by atoms with Gasteiger partial charge in [-0.1, -0.05) is 19.9 Å². The van der Waals surface area contributed by atoms with Crippen LogP contribution in [0.5, 0.6) is 0 Å². The fraction of sp³-hybridized carbons (Fsp3) is 0.500. The first-order valence-corrected chi connectivity index (χ1v) is 8.05. The van der Waals surface area contributed by atoms with Crippen LogP contribution in [-0.4, -0.2) is 6.54 Å². The molecular formula is C16H23NOS. The van der Waals surface area contributed by atoms with Crippen LogP contribution in [0.15, 0.2) is 34.3 Å². The molecule has 2 aromatic rings. The van der Waals surface area contributed by atoms with E-state index in [0.29, 0.717) is 6.04 Å². The van der Waals surface area contributed by atoms with Crippen molar-refractivity contribution in [3.63, 3.8) is 0 Å². The summed E-state index contributed by atoms with van der Waals surface area (Å²) < 4.78 is 5.57. The molecule has 0 aliphatic rings. The van der Waals surface area contributed by atoms with E-state index < -0.39 is 0 Å². The van der Waals surface area contributed by atoms with Crippen LogP contribution < -0.4 is 5.32 Å². The topological polar surface area (TPSA) is 25.2 Å². The average Bonchev–Trinajstić information content (AvgIpc) is 3.09. The minimum atomic E-state index is 0.413. The number of hydrogen-bond acceptors (Lipinski definition) is 3. The first kappa shape index (κ1) is 14.4. The maximum absolute atomic E-state index is 5.57. The summed E-state index contributed by atoms with van der Waals surface area (Å²) in [4.78, 5) is 1.46. The Morgan fingerprint density at radius 2 is 2.21 bits per heavy atom. The molecule has 0 radical (unpaired) electrons. The first-order valence-electron chi connectivity index (χ1n) is 7.17. The van der Waals surface area contributed by atoms with Crippen molar-refractivity contribution in [1.29, 1.82) is 0 Å². The Hall–Kier alpha value is -1.06. The van der Waals surface area contributed by atoms with Gasteiger partial charge in [-0.3, -0.25) is 0 Å². The summed E-state index contributed by atoms with van der Waals surface area (Å²) in [6, 6.07) is 6.89. The van der Waals surface area contributed by atoms with E-state index in [0.717, 1.165) is 38.0 Å². The van der Waals surface area contributed by atoms with Crippen molar-refractivity contribution in [2.45, 2.75) is 45.6 Å². The molecule has 0 fully saturated rings. The minimum absolute atomic E-state index is 0.413. The quantitative estimate of drug-likeness (QED) is 0.764. The number of aryl methyl sites for hydroxylation is 2. The van der Waals surface area contributed by atoms with E-state index in [1.54, 1.807) is 0 Å². The molecule has 0 aliphatic carbocycles. The highest BCUT2D eigenvalue weighted by molar-refractivity contribution is 7.09. The van der Waals surface area contributed by atoms with Crippen molar-refractivity contribution in [2.24, 2.45) is 0 Å². The van der Waals surface area contributed by atoms with Gasteiger partial charge in [-0.15, -0.1) is 11.3 Å². The normalized spacial score (nSPS) is 12.7. The molecule has 3 heteroatoms. The van der Waals surface area contributed by atoms with E-state index in [9.17, 15) is 0 Å². The molecule has 104 valence electrons. The number of rotatable bonds is 8. The van der Waals surface area contributed by atoms with Crippen LogP contribution in [0.3, 0.4) is 0 Å². The van der Waals surface area contributed by atoms with Gasteiger partial charge >= 0.3 is 0 Å². The highest BCUT2D eigenvalue weighted by Gasteiger charge is 2.16. The third-order valence-corrected chi connectivity index (χ3v) is 4.31. The fourth-order valence-corrected chi connectivity index (χ4v) is 3.10. The molecular weight excluding hydrogens is 254 g/mol. The molecule has 1 N–H and O–H groups in total. The predicted molar refractivity (Wildman–Crippen MR) is 81.8 cm³/mol. The third kappa shape index (κ3) is 3.95. The van der Waals surface area contributed by atoms with Gasteiger partial charge in [0.15, 0.2) is 0 Å². The fourth-order valence-electron chi connectivity index (χ4n) is 2.38. The zero-order valence-corrected chi connectivity index (χ0v) is 12.6. The SMILES string of the molecule is CCCNC(CCc1cccs1)c1ccoc1CC. The van der Waals surface area contributed by atoms with Gasteiger partial charge in [0, 0.05) is 22.9 Å². The summed E-state index contributed by atoms with van der Waals surface area (Å²) >= 11 is 1.84. The molecule has 0 saturated heterocycles. The summed E-state index contributed by atoms with van der Waals surface area (Å²) in [6.45, 7) is 5.42. The molecule has 0 bridgehead atoms. The molecule has 0 aliphatic heterocycles. The van der Waals surface area contributed by atoms with Crippen molar-refractivity contribution in [1.82, 2.24) is 5.32 Å². The van der Waals surface area contributed by atoms with Crippen LogP contribution in [-0.2, 0) is 12.8 Å². The number of nitrogens with one attached hydrogen (secondary N) is 1. The van der Waals surface area contributed by atoms with E-state index in [1.165, 1.54) is 10.4 Å². The van der Waals surface area contributed by atoms with Gasteiger partial charge in [0.1, 0.15) is 5.76 Å². The van der Waals surface area contributed by atoms with Gasteiger partial charge < -0.3 is 9.73 Å². The summed E-state index contributed by atoms with van der Waals surface area (Å²) in [5.41, 5.74) is 1.34. The highest BCUT2D eigenvalue weighted by atomic mass is 32.1. The molecule has 19 heavy (non-hydrogen) atoms. The van der Waals surface area contributed by atoms with Crippen LogP contribution in [0, 0.1) is 0 Å². The Labute approximate surface area is 119 Å². The zero-order chi connectivity index (χ0) is 13.5. The average molecular weight is 277 g/mol. The lowest BCUT2D eigenvalue weighted by Gasteiger charge is -2.18. The molecule has 1 unspecified atom stereocenters. The number of furan rings is 1. The van der Waals surface area contributed by atoms with E-state index >= 15 is 0 Å². The van der Waals surface area contributed by atoms with Gasteiger partial charge in [-0.05, 0) is 43.3 Å². The summed E-state index contributed by atoms with van der Waals surface area (Å²) in [5, 5.41) is 5.81. The smallest absolute Gasteiger partial charge is 0.108 e. The lowest BCUT2D eigenvalue weighted by Crippen LogP contribution is -2.23. The lowest BCUT2D eigenvalue weighted by molar-refractivity contribution is 0.468.